The van der Waals surface area contributed by atoms with E-state index < -0.39 is 0 Å². The Labute approximate surface area is 186 Å². The lowest BCUT2D eigenvalue weighted by molar-refractivity contribution is 0.0790. The molecule has 1 atom stereocenters. The van der Waals surface area contributed by atoms with Gasteiger partial charge in [-0.3, -0.25) is 14.8 Å². The third-order valence-corrected chi connectivity index (χ3v) is 5.51. The predicted octanol–water partition coefficient (Wildman–Crippen LogP) is 4.31. The van der Waals surface area contributed by atoms with E-state index in [0.29, 0.717) is 18.7 Å². The molecule has 1 unspecified atom stereocenters. The zero-order chi connectivity index (χ0) is 21.8. The third-order valence-electron chi connectivity index (χ3n) is 5.51. The van der Waals surface area contributed by atoms with E-state index in [-0.39, 0.29) is 11.8 Å². The number of hydrogen-bond acceptors (Lipinski definition) is 6. The van der Waals surface area contributed by atoms with Crippen LogP contribution in [0, 0.1) is 0 Å². The van der Waals surface area contributed by atoms with E-state index >= 15 is 0 Å². The molecule has 1 amide bonds. The van der Waals surface area contributed by atoms with Crippen molar-refractivity contribution in [1.29, 1.82) is 0 Å². The Hall–Kier alpha value is -4.13. The molecule has 1 fully saturated rings. The molecule has 32 heavy (non-hydrogen) atoms. The zero-order valence-electron chi connectivity index (χ0n) is 17.4. The number of likely N-dealkylation sites (tertiary alicyclic amines) is 1. The first kappa shape index (κ1) is 19.8. The molecular weight excluding hydrogens is 400 g/mol. The first-order valence-electron chi connectivity index (χ1n) is 10.6. The van der Waals surface area contributed by atoms with E-state index in [4.69, 9.17) is 9.97 Å². The van der Waals surface area contributed by atoms with Crippen molar-refractivity contribution in [3.05, 3.63) is 96.8 Å². The fraction of sp³-hybridized carbons (Fsp3) is 0.160. The molecule has 4 aromatic rings. The number of para-hydroxylation sites is 1. The van der Waals surface area contributed by atoms with Crippen LogP contribution < -0.4 is 5.32 Å². The fourth-order valence-corrected chi connectivity index (χ4v) is 3.88. The van der Waals surface area contributed by atoms with Crippen molar-refractivity contribution in [2.75, 3.05) is 18.4 Å². The Bertz CT molecular complexity index is 1200. The lowest BCUT2D eigenvalue weighted by Crippen LogP contribution is -2.28. The first-order valence-corrected chi connectivity index (χ1v) is 10.6. The zero-order valence-corrected chi connectivity index (χ0v) is 17.4. The summed E-state index contributed by atoms with van der Waals surface area (Å²) in [5.74, 6) is 1.53. The first-order chi connectivity index (χ1) is 15.8. The molecule has 3 aromatic heterocycles. The molecule has 0 saturated carbocycles. The van der Waals surface area contributed by atoms with Crippen LogP contribution in [0.25, 0.3) is 11.3 Å². The molecule has 1 aliphatic heterocycles. The van der Waals surface area contributed by atoms with Crippen molar-refractivity contribution in [3.63, 3.8) is 0 Å². The van der Waals surface area contributed by atoms with Crippen molar-refractivity contribution in [2.24, 2.45) is 0 Å². The van der Waals surface area contributed by atoms with Gasteiger partial charge in [0, 0.05) is 66.7 Å². The van der Waals surface area contributed by atoms with E-state index in [9.17, 15) is 4.79 Å². The number of anilines is 2. The van der Waals surface area contributed by atoms with Crippen LogP contribution in [0.5, 0.6) is 0 Å². The second-order valence-corrected chi connectivity index (χ2v) is 7.70. The summed E-state index contributed by atoms with van der Waals surface area (Å²) >= 11 is 0. The molecule has 1 aliphatic rings. The molecule has 5 rings (SSSR count). The summed E-state index contributed by atoms with van der Waals surface area (Å²) < 4.78 is 0. The molecule has 4 heterocycles. The van der Waals surface area contributed by atoms with E-state index in [1.807, 2.05) is 53.4 Å². The third kappa shape index (κ3) is 4.32. The average molecular weight is 422 g/mol. The van der Waals surface area contributed by atoms with E-state index in [1.54, 1.807) is 36.9 Å². The van der Waals surface area contributed by atoms with Crippen LogP contribution in [0.1, 0.15) is 28.5 Å². The average Bonchev–Trinajstić information content (AvgIpc) is 3.36. The number of benzene rings is 1. The molecule has 7 nitrogen and oxygen atoms in total. The standard InChI is InChI=1S/C25H22N6O/c32-25(18-8-12-26-13-9-18)31-14-10-20(17-31)24-29-22(19-5-4-11-27-16-19)15-23(30-24)28-21-6-2-1-3-7-21/h1-9,11-13,15-16,20H,10,14,17H2,(H,28,29,30). The van der Waals surface area contributed by atoms with Crippen molar-refractivity contribution in [2.45, 2.75) is 12.3 Å². The SMILES string of the molecule is O=C(c1ccncc1)N1CCC(c2nc(Nc3ccccc3)cc(-c3cccnc3)n2)C1. The van der Waals surface area contributed by atoms with E-state index in [1.165, 1.54) is 0 Å². The smallest absolute Gasteiger partial charge is 0.253 e. The summed E-state index contributed by atoms with van der Waals surface area (Å²) in [6, 6.07) is 19.2. The highest BCUT2D eigenvalue weighted by Crippen LogP contribution is 2.30. The van der Waals surface area contributed by atoms with Crippen LogP contribution in [0.4, 0.5) is 11.5 Å². The highest BCUT2D eigenvalue weighted by Gasteiger charge is 2.30. The summed E-state index contributed by atoms with van der Waals surface area (Å²) in [5.41, 5.74) is 3.34. The molecule has 0 radical (unpaired) electrons. The Balaban J connectivity index is 1.44. The molecule has 0 bridgehead atoms. The Morgan fingerprint density at radius 1 is 0.938 bits per heavy atom. The lowest BCUT2D eigenvalue weighted by Gasteiger charge is -2.17. The Morgan fingerprint density at radius 2 is 1.78 bits per heavy atom. The van der Waals surface area contributed by atoms with Crippen molar-refractivity contribution in [1.82, 2.24) is 24.8 Å². The number of aromatic nitrogens is 4. The maximum absolute atomic E-state index is 12.9. The summed E-state index contributed by atoms with van der Waals surface area (Å²) in [7, 11) is 0. The van der Waals surface area contributed by atoms with Gasteiger partial charge in [-0.2, -0.15) is 0 Å². The Kier molecular flexibility index (Phi) is 5.53. The summed E-state index contributed by atoms with van der Waals surface area (Å²) in [6.45, 7) is 1.26. The van der Waals surface area contributed by atoms with Crippen LogP contribution in [-0.2, 0) is 0 Å². The molecule has 7 heteroatoms. The number of pyridine rings is 2. The largest absolute Gasteiger partial charge is 0.340 e. The van der Waals surface area contributed by atoms with Gasteiger partial charge in [0.05, 0.1) is 5.69 Å². The van der Waals surface area contributed by atoms with Crippen LogP contribution in [0.15, 0.2) is 85.5 Å². The maximum Gasteiger partial charge on any atom is 0.253 e. The van der Waals surface area contributed by atoms with Gasteiger partial charge in [0.1, 0.15) is 11.6 Å². The molecule has 1 saturated heterocycles. The van der Waals surface area contributed by atoms with Crippen LogP contribution >= 0.6 is 0 Å². The Morgan fingerprint density at radius 3 is 2.56 bits per heavy atom. The second-order valence-electron chi connectivity index (χ2n) is 7.70. The van der Waals surface area contributed by atoms with Gasteiger partial charge in [-0.05, 0) is 42.8 Å². The van der Waals surface area contributed by atoms with Crippen molar-refractivity contribution in [3.8, 4) is 11.3 Å². The van der Waals surface area contributed by atoms with E-state index in [2.05, 4.69) is 15.3 Å². The normalized spacial score (nSPS) is 15.5. The number of nitrogens with zero attached hydrogens (tertiary/aromatic N) is 5. The van der Waals surface area contributed by atoms with Crippen LogP contribution in [0.2, 0.25) is 0 Å². The van der Waals surface area contributed by atoms with Gasteiger partial charge in [-0.15, -0.1) is 0 Å². The van der Waals surface area contributed by atoms with Gasteiger partial charge in [0.2, 0.25) is 0 Å². The van der Waals surface area contributed by atoms with Gasteiger partial charge in [-0.25, -0.2) is 9.97 Å². The fourth-order valence-electron chi connectivity index (χ4n) is 3.88. The highest BCUT2D eigenvalue weighted by molar-refractivity contribution is 5.94. The van der Waals surface area contributed by atoms with E-state index in [0.717, 1.165) is 35.0 Å². The van der Waals surface area contributed by atoms with Gasteiger partial charge < -0.3 is 10.2 Å². The van der Waals surface area contributed by atoms with Crippen LogP contribution in [0.3, 0.4) is 0 Å². The minimum Gasteiger partial charge on any atom is -0.340 e. The number of amides is 1. The number of hydrogen-bond donors (Lipinski definition) is 1. The van der Waals surface area contributed by atoms with Crippen molar-refractivity contribution >= 4 is 17.4 Å². The van der Waals surface area contributed by atoms with Gasteiger partial charge in [0.25, 0.3) is 5.91 Å². The molecule has 1 aromatic carbocycles. The summed E-state index contributed by atoms with van der Waals surface area (Å²) in [4.78, 5) is 32.6. The molecular formula is C25H22N6O. The number of carbonyl (C=O) groups excluding carboxylic acids is 1. The molecule has 1 N–H and O–H groups in total. The summed E-state index contributed by atoms with van der Waals surface area (Å²) in [6.07, 6.45) is 7.64. The quantitative estimate of drug-likeness (QED) is 0.516. The highest BCUT2D eigenvalue weighted by atomic mass is 16.2. The minimum atomic E-state index is 0.0148. The topological polar surface area (TPSA) is 83.9 Å². The lowest BCUT2D eigenvalue weighted by atomic mass is 10.1. The van der Waals surface area contributed by atoms with Crippen LogP contribution in [-0.4, -0.2) is 43.8 Å². The molecule has 0 aliphatic carbocycles. The molecule has 158 valence electrons. The number of rotatable bonds is 5. The summed E-state index contributed by atoms with van der Waals surface area (Å²) in [5, 5.41) is 3.38. The molecule has 0 spiro atoms. The number of carbonyl (C=O) groups is 1. The second kappa shape index (κ2) is 8.93. The monoisotopic (exact) mass is 422 g/mol. The number of nitrogens with one attached hydrogen (secondary N) is 1. The van der Waals surface area contributed by atoms with Gasteiger partial charge in [0.15, 0.2) is 0 Å². The minimum absolute atomic E-state index is 0.0148. The van der Waals surface area contributed by atoms with Crippen molar-refractivity contribution < 1.29 is 4.79 Å². The van der Waals surface area contributed by atoms with Gasteiger partial charge in [-0.1, -0.05) is 18.2 Å². The van der Waals surface area contributed by atoms with Gasteiger partial charge >= 0.3 is 0 Å². The predicted molar refractivity (Wildman–Crippen MR) is 122 cm³/mol. The maximum atomic E-state index is 12.9.